The van der Waals surface area contributed by atoms with Gasteiger partial charge in [0.2, 0.25) is 11.8 Å². The molecule has 2 N–H and O–H groups in total. The predicted molar refractivity (Wildman–Crippen MR) is 152 cm³/mol. The quantitative estimate of drug-likeness (QED) is 0.280. The highest BCUT2D eigenvalue weighted by Crippen LogP contribution is 2.33. The zero-order valence-corrected chi connectivity index (χ0v) is 21.8. The van der Waals surface area contributed by atoms with Gasteiger partial charge in [0, 0.05) is 17.3 Å². The summed E-state index contributed by atoms with van der Waals surface area (Å²) in [5.41, 5.74) is 7.88. The number of halogens is 1. The van der Waals surface area contributed by atoms with Crippen molar-refractivity contribution in [1.29, 1.82) is 0 Å². The molecule has 4 aromatic carbocycles. The van der Waals surface area contributed by atoms with E-state index in [0.717, 1.165) is 28.9 Å². The zero-order valence-electron chi connectivity index (χ0n) is 21.1. The van der Waals surface area contributed by atoms with Gasteiger partial charge in [0.25, 0.3) is 0 Å². The average molecular weight is 511 g/mol. The maximum absolute atomic E-state index is 11.6. The highest BCUT2D eigenvalue weighted by molar-refractivity contribution is 6.17. The summed E-state index contributed by atoms with van der Waals surface area (Å²) in [7, 11) is 0. The summed E-state index contributed by atoms with van der Waals surface area (Å²) in [6.45, 7) is 3.87. The van der Waals surface area contributed by atoms with E-state index in [4.69, 9.17) is 11.6 Å². The van der Waals surface area contributed by atoms with Gasteiger partial charge in [-0.25, -0.2) is 0 Å². The Balaban J connectivity index is 0.000000143. The van der Waals surface area contributed by atoms with Gasteiger partial charge >= 0.3 is 0 Å². The van der Waals surface area contributed by atoms with Gasteiger partial charge in [-0.1, -0.05) is 91.0 Å². The lowest BCUT2D eigenvalue weighted by molar-refractivity contribution is -0.117. The molecule has 0 aromatic heterocycles. The van der Waals surface area contributed by atoms with Crippen molar-refractivity contribution in [3.63, 3.8) is 0 Å². The summed E-state index contributed by atoms with van der Waals surface area (Å²) in [5, 5.41) is 5.71. The number of rotatable bonds is 3. The zero-order chi connectivity index (χ0) is 26.2. The van der Waals surface area contributed by atoms with Crippen molar-refractivity contribution in [3.05, 3.63) is 131 Å². The molecule has 0 spiro atoms. The summed E-state index contributed by atoms with van der Waals surface area (Å²) in [6, 6.07) is 34.4. The Kier molecular flexibility index (Phi) is 8.76. The summed E-state index contributed by atoms with van der Waals surface area (Å²) in [6.07, 6.45) is 0.912. The lowest BCUT2D eigenvalue weighted by Gasteiger charge is -2.06. The van der Waals surface area contributed by atoms with E-state index in [1.165, 1.54) is 16.7 Å². The van der Waals surface area contributed by atoms with Crippen LogP contribution in [0.3, 0.4) is 0 Å². The Morgan fingerprint density at radius 1 is 0.595 bits per heavy atom. The van der Waals surface area contributed by atoms with Crippen LogP contribution in [0.1, 0.15) is 53.5 Å². The van der Waals surface area contributed by atoms with Crippen LogP contribution in [0, 0.1) is 0 Å². The second-order valence-corrected chi connectivity index (χ2v) is 9.48. The largest absolute Gasteiger partial charge is 0.325 e. The van der Waals surface area contributed by atoms with E-state index in [2.05, 4.69) is 47.0 Å². The molecule has 2 aliphatic rings. The fourth-order valence-corrected chi connectivity index (χ4v) is 4.52. The molecule has 2 heterocycles. The van der Waals surface area contributed by atoms with Crippen molar-refractivity contribution in [2.24, 2.45) is 0 Å². The number of para-hydroxylation sites is 1. The number of hydrogen-bond acceptors (Lipinski definition) is 2. The summed E-state index contributed by atoms with van der Waals surface area (Å²) >= 11 is 5.53. The molecule has 0 bridgehead atoms. The van der Waals surface area contributed by atoms with Gasteiger partial charge in [-0.05, 0) is 60.2 Å². The molecule has 0 saturated heterocycles. The number of alkyl halides is 1. The minimum atomic E-state index is -0.0317. The van der Waals surface area contributed by atoms with Gasteiger partial charge in [-0.15, -0.1) is 11.6 Å². The number of amides is 2. The Labute approximate surface area is 223 Å². The van der Waals surface area contributed by atoms with Crippen LogP contribution < -0.4 is 10.6 Å². The van der Waals surface area contributed by atoms with Crippen LogP contribution in [0.2, 0.25) is 0 Å². The fraction of sp³-hybridized carbons (Fsp3) is 0.188. The first-order valence-electron chi connectivity index (χ1n) is 12.4. The summed E-state index contributed by atoms with van der Waals surface area (Å²) in [5.74, 6) is 0.802. The minimum absolute atomic E-state index is 0.0196. The maximum Gasteiger partial charge on any atom is 0.231 e. The lowest BCUT2D eigenvalue weighted by Crippen LogP contribution is -2.08. The second kappa shape index (κ2) is 12.4. The fourth-order valence-electron chi connectivity index (χ4n) is 4.35. The number of carbonyl (C=O) groups excluding carboxylic acids is 2. The molecular weight excluding hydrogens is 480 g/mol. The van der Waals surface area contributed by atoms with E-state index >= 15 is 0 Å². The van der Waals surface area contributed by atoms with Crippen LogP contribution in [0.5, 0.6) is 0 Å². The van der Waals surface area contributed by atoms with Gasteiger partial charge in [-0.3, -0.25) is 9.59 Å². The van der Waals surface area contributed by atoms with Crippen molar-refractivity contribution in [3.8, 4) is 0 Å². The van der Waals surface area contributed by atoms with Crippen LogP contribution in [0.25, 0.3) is 0 Å². The molecule has 5 heteroatoms. The maximum atomic E-state index is 11.6. The Morgan fingerprint density at radius 3 is 1.68 bits per heavy atom. The van der Waals surface area contributed by atoms with Crippen LogP contribution in [0.4, 0.5) is 11.4 Å². The first kappa shape index (κ1) is 26.2. The normalized spacial score (nSPS) is 16.7. The van der Waals surface area contributed by atoms with Crippen LogP contribution in [-0.2, 0) is 21.9 Å². The van der Waals surface area contributed by atoms with Gasteiger partial charge in [-0.2, -0.15) is 0 Å². The topological polar surface area (TPSA) is 58.2 Å². The number of anilines is 2. The van der Waals surface area contributed by atoms with Crippen molar-refractivity contribution in [2.75, 3.05) is 10.6 Å². The summed E-state index contributed by atoms with van der Waals surface area (Å²) in [4.78, 5) is 22.7. The number of carbonyl (C=O) groups is 2. The van der Waals surface area contributed by atoms with Crippen LogP contribution in [0.15, 0.2) is 103 Å². The third kappa shape index (κ3) is 6.66. The number of hydrogen-bond donors (Lipinski definition) is 2. The van der Waals surface area contributed by atoms with Crippen molar-refractivity contribution in [2.45, 2.75) is 38.0 Å². The SMILES string of the molecule is CC1C(=O)Nc2ccc(Cc3ccccc3)cc21.CC1C(=O)Nc2ccccc21.ClCc1ccccc1. The first-order chi connectivity index (χ1) is 18.0. The highest BCUT2D eigenvalue weighted by atomic mass is 35.5. The molecule has 37 heavy (non-hydrogen) atoms. The Bertz CT molecular complexity index is 1360. The van der Waals surface area contributed by atoms with Crippen LogP contribution >= 0.6 is 11.6 Å². The van der Waals surface area contributed by atoms with E-state index in [1.54, 1.807) is 0 Å². The smallest absolute Gasteiger partial charge is 0.231 e. The van der Waals surface area contributed by atoms with Crippen molar-refractivity contribution < 1.29 is 9.59 Å². The lowest BCUT2D eigenvalue weighted by atomic mass is 9.97. The summed E-state index contributed by atoms with van der Waals surface area (Å²) < 4.78 is 0. The third-order valence-electron chi connectivity index (χ3n) is 6.56. The van der Waals surface area contributed by atoms with Gasteiger partial charge in [0.05, 0.1) is 11.8 Å². The minimum Gasteiger partial charge on any atom is -0.325 e. The number of nitrogens with one attached hydrogen (secondary N) is 2. The molecule has 188 valence electrons. The van der Waals surface area contributed by atoms with Gasteiger partial charge in [0.1, 0.15) is 0 Å². The van der Waals surface area contributed by atoms with Crippen molar-refractivity contribution in [1.82, 2.24) is 0 Å². The number of benzene rings is 4. The molecule has 0 aliphatic carbocycles. The molecule has 6 rings (SSSR count). The monoisotopic (exact) mass is 510 g/mol. The molecule has 4 nitrogen and oxygen atoms in total. The Morgan fingerprint density at radius 2 is 1.11 bits per heavy atom. The predicted octanol–water partition coefficient (Wildman–Crippen LogP) is 7.50. The average Bonchev–Trinajstić information content (AvgIpc) is 3.39. The van der Waals surface area contributed by atoms with E-state index in [1.807, 2.05) is 80.6 Å². The highest BCUT2D eigenvalue weighted by Gasteiger charge is 2.26. The molecule has 2 amide bonds. The standard InChI is InChI=1S/C16H15NO.C9H9NO.C7H7Cl/c1-11-14-10-13(7-8-15(14)17-16(11)18)9-12-5-3-2-4-6-12;1-6-7-4-2-3-5-8(7)10-9(6)11;8-6-7-4-2-1-3-5-7/h2-8,10-11H,9H2,1H3,(H,17,18);2-6H,1H3,(H,10,11);1-5H,6H2. The molecule has 4 aromatic rings. The molecule has 0 fully saturated rings. The van der Waals surface area contributed by atoms with Gasteiger partial charge in [0.15, 0.2) is 0 Å². The van der Waals surface area contributed by atoms with E-state index in [9.17, 15) is 9.59 Å². The van der Waals surface area contributed by atoms with E-state index < -0.39 is 0 Å². The molecule has 2 atom stereocenters. The Hall–Kier alpha value is -3.89. The molecule has 0 radical (unpaired) electrons. The molecule has 2 aliphatic heterocycles. The van der Waals surface area contributed by atoms with Crippen LogP contribution in [-0.4, -0.2) is 11.8 Å². The van der Waals surface area contributed by atoms with Crippen molar-refractivity contribution >= 4 is 34.8 Å². The van der Waals surface area contributed by atoms with E-state index in [0.29, 0.717) is 5.88 Å². The molecular formula is C32H31ClN2O2. The first-order valence-corrected chi connectivity index (χ1v) is 13.0. The number of fused-ring (bicyclic) bond motifs is 2. The van der Waals surface area contributed by atoms with E-state index in [-0.39, 0.29) is 23.7 Å². The molecule has 0 saturated carbocycles. The third-order valence-corrected chi connectivity index (χ3v) is 6.87. The molecule has 2 unspecified atom stereocenters. The second-order valence-electron chi connectivity index (χ2n) is 9.21. The van der Waals surface area contributed by atoms with Gasteiger partial charge < -0.3 is 10.6 Å².